The molecule has 4 nitrogen and oxygen atoms in total. The van der Waals surface area contributed by atoms with Crippen LogP contribution in [0, 0.1) is 0 Å². The van der Waals surface area contributed by atoms with E-state index in [0.29, 0.717) is 5.89 Å². The van der Waals surface area contributed by atoms with Crippen molar-refractivity contribution in [2.75, 3.05) is 6.61 Å². The molecule has 0 radical (unpaired) electrons. The number of rotatable bonds is 2. The van der Waals surface area contributed by atoms with Crippen LogP contribution in [0.1, 0.15) is 44.4 Å². The highest BCUT2D eigenvalue weighted by molar-refractivity contribution is 5.07. The predicted octanol–water partition coefficient (Wildman–Crippen LogP) is 1.72. The summed E-state index contributed by atoms with van der Waals surface area (Å²) in [6, 6.07) is -0.159. The van der Waals surface area contributed by atoms with E-state index in [1.54, 1.807) is 6.20 Å². The topological polar surface area (TPSA) is 61.3 Å². The van der Waals surface area contributed by atoms with Gasteiger partial charge in [0.2, 0.25) is 5.89 Å². The maximum atomic E-state index is 5.67. The molecular formula is C10H16N2O2. The van der Waals surface area contributed by atoms with E-state index in [9.17, 15) is 0 Å². The van der Waals surface area contributed by atoms with Crippen LogP contribution in [-0.4, -0.2) is 11.6 Å². The van der Waals surface area contributed by atoms with Crippen LogP contribution >= 0.6 is 0 Å². The molecule has 2 N–H and O–H groups in total. The third-order valence-electron chi connectivity index (χ3n) is 2.65. The first kappa shape index (κ1) is 9.68. The van der Waals surface area contributed by atoms with Crippen molar-refractivity contribution in [1.29, 1.82) is 0 Å². The average Bonchev–Trinajstić information content (AvgIpc) is 2.71. The normalized spacial score (nSPS) is 29.4. The molecule has 14 heavy (non-hydrogen) atoms. The summed E-state index contributed by atoms with van der Waals surface area (Å²) in [7, 11) is 0. The fourth-order valence-electron chi connectivity index (χ4n) is 1.72. The minimum Gasteiger partial charge on any atom is -0.441 e. The highest BCUT2D eigenvalue weighted by Crippen LogP contribution is 2.36. The summed E-state index contributed by atoms with van der Waals surface area (Å²) in [4.78, 5) is 4.13. The minimum atomic E-state index is -0.292. The SMILES string of the molecule is CC(N)c1ncc(C2(C)CCCO2)o1. The molecule has 1 aliphatic rings. The zero-order valence-corrected chi connectivity index (χ0v) is 8.62. The van der Waals surface area contributed by atoms with Crippen LogP contribution in [0.25, 0.3) is 0 Å². The second-order valence-corrected chi connectivity index (χ2v) is 4.03. The summed E-state index contributed by atoms with van der Waals surface area (Å²) in [5, 5.41) is 0. The monoisotopic (exact) mass is 196 g/mol. The van der Waals surface area contributed by atoms with Crippen molar-refractivity contribution in [3.63, 3.8) is 0 Å². The van der Waals surface area contributed by atoms with Crippen LogP contribution in [0.2, 0.25) is 0 Å². The van der Waals surface area contributed by atoms with E-state index in [1.807, 2.05) is 13.8 Å². The Bertz CT molecular complexity index is 314. The Morgan fingerprint density at radius 3 is 2.93 bits per heavy atom. The van der Waals surface area contributed by atoms with E-state index in [0.717, 1.165) is 25.2 Å². The van der Waals surface area contributed by atoms with Gasteiger partial charge in [0.25, 0.3) is 0 Å². The van der Waals surface area contributed by atoms with Crippen LogP contribution in [0.5, 0.6) is 0 Å². The van der Waals surface area contributed by atoms with Crippen molar-refractivity contribution in [2.24, 2.45) is 5.73 Å². The van der Waals surface area contributed by atoms with Crippen LogP contribution in [0.15, 0.2) is 10.6 Å². The lowest BCUT2D eigenvalue weighted by Crippen LogP contribution is -2.18. The van der Waals surface area contributed by atoms with E-state index in [2.05, 4.69) is 4.98 Å². The fraction of sp³-hybridized carbons (Fsp3) is 0.700. The van der Waals surface area contributed by atoms with Crippen molar-refractivity contribution in [3.05, 3.63) is 17.8 Å². The Morgan fingerprint density at radius 2 is 2.43 bits per heavy atom. The third kappa shape index (κ3) is 1.55. The van der Waals surface area contributed by atoms with Gasteiger partial charge in [0.1, 0.15) is 5.60 Å². The van der Waals surface area contributed by atoms with Crippen molar-refractivity contribution in [3.8, 4) is 0 Å². The number of aromatic nitrogens is 1. The van der Waals surface area contributed by atoms with Gasteiger partial charge >= 0.3 is 0 Å². The zero-order valence-electron chi connectivity index (χ0n) is 8.62. The van der Waals surface area contributed by atoms with Crippen LogP contribution in [-0.2, 0) is 10.3 Å². The van der Waals surface area contributed by atoms with E-state index in [4.69, 9.17) is 14.9 Å². The minimum absolute atomic E-state index is 0.159. The second kappa shape index (κ2) is 3.37. The lowest BCUT2D eigenvalue weighted by atomic mass is 10.0. The summed E-state index contributed by atoms with van der Waals surface area (Å²) in [5.41, 5.74) is 5.38. The lowest BCUT2D eigenvalue weighted by Gasteiger charge is -2.19. The Labute approximate surface area is 83.4 Å². The van der Waals surface area contributed by atoms with Crippen LogP contribution in [0.3, 0.4) is 0 Å². The molecule has 0 spiro atoms. The van der Waals surface area contributed by atoms with Crippen molar-refractivity contribution in [2.45, 2.75) is 38.3 Å². The molecule has 0 bridgehead atoms. The maximum absolute atomic E-state index is 5.67. The smallest absolute Gasteiger partial charge is 0.211 e. The van der Waals surface area contributed by atoms with Gasteiger partial charge in [0, 0.05) is 6.61 Å². The van der Waals surface area contributed by atoms with E-state index in [1.165, 1.54) is 0 Å². The first-order chi connectivity index (χ1) is 6.62. The Kier molecular flexibility index (Phi) is 2.33. The van der Waals surface area contributed by atoms with Crippen LogP contribution < -0.4 is 5.73 Å². The number of nitrogens with zero attached hydrogens (tertiary/aromatic N) is 1. The first-order valence-corrected chi connectivity index (χ1v) is 4.97. The molecule has 1 aromatic rings. The van der Waals surface area contributed by atoms with Gasteiger partial charge in [-0.1, -0.05) is 0 Å². The number of nitrogens with two attached hydrogens (primary N) is 1. The summed E-state index contributed by atoms with van der Waals surface area (Å²) < 4.78 is 11.2. The number of hydrogen-bond acceptors (Lipinski definition) is 4. The summed E-state index contributed by atoms with van der Waals surface area (Å²) in [5.74, 6) is 1.37. The molecule has 4 heteroatoms. The zero-order chi connectivity index (χ0) is 10.2. The highest BCUT2D eigenvalue weighted by Gasteiger charge is 2.35. The van der Waals surface area contributed by atoms with Crippen molar-refractivity contribution < 1.29 is 9.15 Å². The van der Waals surface area contributed by atoms with Gasteiger partial charge in [-0.05, 0) is 26.7 Å². The number of ether oxygens (including phenoxy) is 1. The molecule has 78 valence electrons. The highest BCUT2D eigenvalue weighted by atomic mass is 16.5. The Balaban J connectivity index is 2.23. The van der Waals surface area contributed by atoms with Crippen molar-refractivity contribution >= 4 is 0 Å². The van der Waals surface area contributed by atoms with Gasteiger partial charge < -0.3 is 14.9 Å². The largest absolute Gasteiger partial charge is 0.441 e. The molecule has 0 amide bonds. The molecule has 0 saturated carbocycles. The molecular weight excluding hydrogens is 180 g/mol. The molecule has 0 aliphatic carbocycles. The average molecular weight is 196 g/mol. The molecule has 2 unspecified atom stereocenters. The molecule has 2 heterocycles. The predicted molar refractivity (Wildman–Crippen MR) is 51.6 cm³/mol. The molecule has 2 rings (SSSR count). The van der Waals surface area contributed by atoms with Gasteiger partial charge in [-0.15, -0.1) is 0 Å². The van der Waals surface area contributed by atoms with Gasteiger partial charge in [-0.25, -0.2) is 4.98 Å². The number of hydrogen-bond donors (Lipinski definition) is 1. The third-order valence-corrected chi connectivity index (χ3v) is 2.65. The molecule has 1 aliphatic heterocycles. The van der Waals surface area contributed by atoms with E-state index < -0.39 is 0 Å². The van der Waals surface area contributed by atoms with Crippen molar-refractivity contribution in [1.82, 2.24) is 4.98 Å². The molecule has 1 fully saturated rings. The molecule has 2 atom stereocenters. The summed E-state index contributed by atoms with van der Waals surface area (Å²) >= 11 is 0. The molecule has 1 saturated heterocycles. The molecule has 1 aromatic heterocycles. The van der Waals surface area contributed by atoms with Gasteiger partial charge in [-0.3, -0.25) is 0 Å². The quantitative estimate of drug-likeness (QED) is 0.782. The maximum Gasteiger partial charge on any atom is 0.211 e. The van der Waals surface area contributed by atoms with Gasteiger partial charge in [0.15, 0.2) is 5.76 Å². The summed E-state index contributed by atoms with van der Waals surface area (Å²) in [6.45, 7) is 4.68. The van der Waals surface area contributed by atoms with Crippen LogP contribution in [0.4, 0.5) is 0 Å². The Morgan fingerprint density at radius 1 is 1.64 bits per heavy atom. The first-order valence-electron chi connectivity index (χ1n) is 4.97. The van der Waals surface area contributed by atoms with Gasteiger partial charge in [0.05, 0.1) is 12.2 Å². The van der Waals surface area contributed by atoms with Gasteiger partial charge in [-0.2, -0.15) is 0 Å². The van der Waals surface area contributed by atoms with E-state index >= 15 is 0 Å². The molecule has 0 aromatic carbocycles. The fourth-order valence-corrected chi connectivity index (χ4v) is 1.72. The summed E-state index contributed by atoms with van der Waals surface area (Å²) in [6.07, 6.45) is 3.79. The standard InChI is InChI=1S/C10H16N2O2/c1-7(11)9-12-6-8(14-9)10(2)4-3-5-13-10/h6-7H,3-5,11H2,1-2H3. The second-order valence-electron chi connectivity index (χ2n) is 4.03. The van der Waals surface area contributed by atoms with E-state index in [-0.39, 0.29) is 11.6 Å². The lowest BCUT2D eigenvalue weighted by molar-refractivity contribution is -0.00184. The Hall–Kier alpha value is -0.870. The number of oxazole rings is 1.